The zero-order valence-electron chi connectivity index (χ0n) is 13.2. The lowest BCUT2D eigenvalue weighted by Crippen LogP contribution is -2.44. The maximum Gasteiger partial charge on any atom is 0.333 e. The summed E-state index contributed by atoms with van der Waals surface area (Å²) in [4.78, 5) is 12.2. The van der Waals surface area contributed by atoms with Gasteiger partial charge in [-0.1, -0.05) is 45.6 Å². The molecule has 2 aliphatic carbocycles. The molecule has 0 aliphatic heterocycles. The summed E-state index contributed by atoms with van der Waals surface area (Å²) in [7, 11) is 0. The van der Waals surface area contributed by atoms with Crippen LogP contribution in [0.2, 0.25) is 0 Å². The van der Waals surface area contributed by atoms with E-state index in [2.05, 4.69) is 13.5 Å². The van der Waals surface area contributed by atoms with Crippen molar-refractivity contribution in [3.05, 3.63) is 12.2 Å². The summed E-state index contributed by atoms with van der Waals surface area (Å²) in [6.45, 7) is 7.84. The van der Waals surface area contributed by atoms with E-state index in [1.165, 1.54) is 51.4 Å². The van der Waals surface area contributed by atoms with E-state index in [9.17, 15) is 4.79 Å². The average Bonchev–Trinajstić information content (AvgIpc) is 2.62. The Hall–Kier alpha value is -0.790. The third kappa shape index (κ3) is 3.65. The third-order valence-electron chi connectivity index (χ3n) is 5.23. The normalized spacial score (nSPS) is 32.4. The summed E-state index contributed by atoms with van der Waals surface area (Å²) in [5.74, 6) is 1.06. The largest absolute Gasteiger partial charge is 0.455 e. The van der Waals surface area contributed by atoms with Crippen LogP contribution < -0.4 is 0 Å². The first-order valence-electron chi connectivity index (χ1n) is 8.42. The van der Waals surface area contributed by atoms with Gasteiger partial charge in [0.25, 0.3) is 0 Å². The first-order valence-corrected chi connectivity index (χ1v) is 8.42. The summed E-state index contributed by atoms with van der Waals surface area (Å²) in [5.41, 5.74) is 0.337. The molecule has 2 nitrogen and oxygen atoms in total. The molecule has 0 aromatic carbocycles. The maximum atomic E-state index is 12.2. The van der Waals surface area contributed by atoms with Crippen molar-refractivity contribution < 1.29 is 9.53 Å². The van der Waals surface area contributed by atoms with Crippen LogP contribution in [0.15, 0.2) is 12.2 Å². The second kappa shape index (κ2) is 6.78. The van der Waals surface area contributed by atoms with Gasteiger partial charge in [-0.2, -0.15) is 0 Å². The molecule has 0 aromatic heterocycles. The molecular formula is C18H30O2. The molecule has 0 N–H and O–H groups in total. The molecule has 114 valence electrons. The van der Waals surface area contributed by atoms with Crippen molar-refractivity contribution in [2.45, 2.75) is 83.7 Å². The van der Waals surface area contributed by atoms with Gasteiger partial charge in [-0.3, -0.25) is 0 Å². The van der Waals surface area contributed by atoms with Crippen molar-refractivity contribution in [2.75, 3.05) is 0 Å². The molecule has 2 unspecified atom stereocenters. The zero-order chi connectivity index (χ0) is 14.6. The van der Waals surface area contributed by atoms with E-state index >= 15 is 0 Å². The highest BCUT2D eigenvalue weighted by Gasteiger charge is 2.44. The van der Waals surface area contributed by atoms with Crippen molar-refractivity contribution >= 4 is 5.97 Å². The molecule has 0 radical (unpaired) electrons. The monoisotopic (exact) mass is 278 g/mol. The van der Waals surface area contributed by atoms with E-state index in [0.717, 1.165) is 12.8 Å². The van der Waals surface area contributed by atoms with Crippen molar-refractivity contribution in [2.24, 2.45) is 11.8 Å². The van der Waals surface area contributed by atoms with E-state index in [-0.39, 0.29) is 11.6 Å². The quantitative estimate of drug-likeness (QED) is 0.411. The molecule has 2 heteroatoms. The highest BCUT2D eigenvalue weighted by Crippen LogP contribution is 2.45. The number of rotatable bonds is 3. The Bertz CT molecular complexity index is 354. The van der Waals surface area contributed by atoms with Crippen molar-refractivity contribution in [1.82, 2.24) is 0 Å². The van der Waals surface area contributed by atoms with Crippen LogP contribution in [0.4, 0.5) is 0 Å². The van der Waals surface area contributed by atoms with Crippen LogP contribution in [0.1, 0.15) is 78.1 Å². The van der Waals surface area contributed by atoms with Crippen LogP contribution in [-0.2, 0) is 9.53 Å². The summed E-state index contributed by atoms with van der Waals surface area (Å²) in [5, 5.41) is 0. The van der Waals surface area contributed by atoms with Gasteiger partial charge in [0.1, 0.15) is 5.60 Å². The van der Waals surface area contributed by atoms with Crippen LogP contribution >= 0.6 is 0 Å². The zero-order valence-corrected chi connectivity index (χ0v) is 13.2. The van der Waals surface area contributed by atoms with Gasteiger partial charge in [0, 0.05) is 5.57 Å². The number of carbonyl (C=O) groups is 1. The van der Waals surface area contributed by atoms with Gasteiger partial charge in [-0.25, -0.2) is 4.79 Å². The number of carbonyl (C=O) groups excluding carboxylic acids is 1. The smallest absolute Gasteiger partial charge is 0.333 e. The van der Waals surface area contributed by atoms with E-state index in [1.807, 2.05) is 0 Å². The number of ether oxygens (including phenoxy) is 1. The predicted octanol–water partition coefficient (Wildman–Crippen LogP) is 5.03. The maximum absolute atomic E-state index is 12.2. The Kier molecular flexibility index (Phi) is 5.29. The lowest BCUT2D eigenvalue weighted by Gasteiger charge is -2.42. The Morgan fingerprint density at radius 3 is 2.40 bits per heavy atom. The minimum atomic E-state index is -0.202. The van der Waals surface area contributed by atoms with E-state index in [1.54, 1.807) is 6.92 Å². The van der Waals surface area contributed by atoms with Crippen molar-refractivity contribution in [1.29, 1.82) is 0 Å². The molecule has 20 heavy (non-hydrogen) atoms. The molecule has 2 atom stereocenters. The standard InChI is InChI=1S/C18H30O2/c1-14(2)17(19)20-18(16-10-5-4-6-11-16)12-8-7-9-15(3)13-18/h15-16H,1,4-13H2,2-3H3. The molecule has 0 saturated heterocycles. The van der Waals surface area contributed by atoms with Crippen LogP contribution in [0.3, 0.4) is 0 Å². The van der Waals surface area contributed by atoms with Gasteiger partial charge >= 0.3 is 5.97 Å². The van der Waals surface area contributed by atoms with E-state index in [0.29, 0.717) is 17.4 Å². The summed E-state index contributed by atoms with van der Waals surface area (Å²) in [6, 6.07) is 0. The van der Waals surface area contributed by atoms with Crippen LogP contribution in [0, 0.1) is 11.8 Å². The van der Waals surface area contributed by atoms with Gasteiger partial charge < -0.3 is 4.74 Å². The summed E-state index contributed by atoms with van der Waals surface area (Å²) >= 11 is 0. The van der Waals surface area contributed by atoms with Crippen LogP contribution in [0.5, 0.6) is 0 Å². The van der Waals surface area contributed by atoms with Crippen LogP contribution in [-0.4, -0.2) is 11.6 Å². The highest BCUT2D eigenvalue weighted by atomic mass is 16.6. The summed E-state index contributed by atoms with van der Waals surface area (Å²) < 4.78 is 6.09. The Morgan fingerprint density at radius 2 is 1.75 bits per heavy atom. The number of hydrogen-bond acceptors (Lipinski definition) is 2. The number of esters is 1. The first-order chi connectivity index (χ1) is 9.53. The molecule has 0 heterocycles. The fourth-order valence-electron chi connectivity index (χ4n) is 4.16. The second-order valence-electron chi connectivity index (χ2n) is 7.12. The molecule has 0 aromatic rings. The lowest BCUT2D eigenvalue weighted by molar-refractivity contribution is -0.166. The number of hydrogen-bond donors (Lipinski definition) is 0. The average molecular weight is 278 g/mol. The molecule has 0 amide bonds. The van der Waals surface area contributed by atoms with Gasteiger partial charge in [0.2, 0.25) is 0 Å². The van der Waals surface area contributed by atoms with Crippen LogP contribution in [0.25, 0.3) is 0 Å². The third-order valence-corrected chi connectivity index (χ3v) is 5.23. The predicted molar refractivity (Wildman–Crippen MR) is 82.5 cm³/mol. The Balaban J connectivity index is 2.20. The first kappa shape index (κ1) is 15.6. The van der Waals surface area contributed by atoms with E-state index < -0.39 is 0 Å². The minimum Gasteiger partial charge on any atom is -0.455 e. The second-order valence-corrected chi connectivity index (χ2v) is 7.12. The van der Waals surface area contributed by atoms with Gasteiger partial charge in [0.15, 0.2) is 0 Å². The molecule has 2 fully saturated rings. The Morgan fingerprint density at radius 1 is 1.10 bits per heavy atom. The fourth-order valence-corrected chi connectivity index (χ4v) is 4.16. The van der Waals surface area contributed by atoms with Gasteiger partial charge in [-0.05, 0) is 50.9 Å². The van der Waals surface area contributed by atoms with Gasteiger partial charge in [-0.15, -0.1) is 0 Å². The summed E-state index contributed by atoms with van der Waals surface area (Å²) in [6.07, 6.45) is 12.3. The van der Waals surface area contributed by atoms with Crippen molar-refractivity contribution in [3.8, 4) is 0 Å². The highest BCUT2D eigenvalue weighted by molar-refractivity contribution is 5.87. The molecule has 2 saturated carbocycles. The molecule has 2 rings (SSSR count). The van der Waals surface area contributed by atoms with Crippen molar-refractivity contribution in [3.63, 3.8) is 0 Å². The van der Waals surface area contributed by atoms with Gasteiger partial charge in [0.05, 0.1) is 0 Å². The lowest BCUT2D eigenvalue weighted by atomic mass is 9.71. The Labute approximate surface area is 124 Å². The molecular weight excluding hydrogens is 248 g/mol. The molecule has 0 bridgehead atoms. The fraction of sp³-hybridized carbons (Fsp3) is 0.833. The molecule has 0 spiro atoms. The van der Waals surface area contributed by atoms with E-state index in [4.69, 9.17) is 4.74 Å². The minimum absolute atomic E-state index is 0.176. The SMILES string of the molecule is C=C(C)C(=O)OC1(C2CCCCC2)CCCCC(C)C1. The molecule has 2 aliphatic rings. The topological polar surface area (TPSA) is 26.3 Å².